The summed E-state index contributed by atoms with van der Waals surface area (Å²) >= 11 is 0. The highest BCUT2D eigenvalue weighted by Crippen LogP contribution is 2.43. The average Bonchev–Trinajstić information content (AvgIpc) is 3.38. The maximum absolute atomic E-state index is 14.6. The first-order chi connectivity index (χ1) is 17.1. The first-order valence-corrected chi connectivity index (χ1v) is 11.3. The van der Waals surface area contributed by atoms with Crippen LogP contribution in [-0.4, -0.2) is 26.6 Å². The highest BCUT2D eigenvalue weighted by molar-refractivity contribution is 5.51. The molecule has 0 aliphatic carbocycles. The molecule has 5 rings (SSSR count). The molecule has 2 aromatic heterocycles. The number of alkyl halides is 3. The third-order valence-electron chi connectivity index (χ3n) is 6.64. The van der Waals surface area contributed by atoms with Gasteiger partial charge in [0.1, 0.15) is 23.9 Å². The highest BCUT2D eigenvalue weighted by Gasteiger charge is 2.46. The van der Waals surface area contributed by atoms with E-state index in [0.717, 1.165) is 50.2 Å². The van der Waals surface area contributed by atoms with Crippen molar-refractivity contribution in [2.75, 3.05) is 11.4 Å². The number of hydrogen-bond acceptors (Lipinski definition) is 6. The number of nitrogens with zero attached hydrogens (tertiary/aromatic N) is 4. The fourth-order valence-electron chi connectivity index (χ4n) is 4.85. The lowest BCUT2D eigenvalue weighted by atomic mass is 9.94. The first kappa shape index (κ1) is 24.0. The molecule has 36 heavy (non-hydrogen) atoms. The molecule has 0 saturated carbocycles. The van der Waals surface area contributed by atoms with Gasteiger partial charge in [-0.05, 0) is 43.0 Å². The molecule has 7 nitrogen and oxygen atoms in total. The van der Waals surface area contributed by atoms with Gasteiger partial charge in [-0.25, -0.2) is 13.6 Å². The van der Waals surface area contributed by atoms with Gasteiger partial charge in [0.25, 0.3) is 0 Å². The van der Waals surface area contributed by atoms with Gasteiger partial charge >= 0.3 is 11.9 Å². The number of benzene rings is 1. The lowest BCUT2D eigenvalue weighted by molar-refractivity contribution is -0.141. The van der Waals surface area contributed by atoms with Gasteiger partial charge in [-0.15, -0.1) is 0 Å². The molecular weight excluding hydrogens is 487 g/mol. The van der Waals surface area contributed by atoms with Crippen LogP contribution in [0.25, 0.3) is 0 Å². The van der Waals surface area contributed by atoms with Crippen molar-refractivity contribution >= 4 is 5.82 Å². The van der Waals surface area contributed by atoms with Crippen LogP contribution in [0, 0.1) is 11.6 Å². The first-order valence-electron chi connectivity index (χ1n) is 11.3. The maximum Gasteiger partial charge on any atom is 0.433 e. The van der Waals surface area contributed by atoms with Crippen molar-refractivity contribution in [1.82, 2.24) is 14.5 Å². The third-order valence-corrected chi connectivity index (χ3v) is 6.64. The van der Waals surface area contributed by atoms with Gasteiger partial charge in [-0.2, -0.15) is 18.2 Å². The SMILES string of the molecule is CCC12CCCN1c1cc(OCc3cc(F)c(Oc4ccnc(C(F)(F)F)c4)c(F)c3)nc(=O)n1C2. The number of hydrogen-bond donors (Lipinski definition) is 0. The van der Waals surface area contributed by atoms with Crippen LogP contribution in [0.15, 0.2) is 41.3 Å². The molecule has 0 bridgehead atoms. The largest absolute Gasteiger partial charge is 0.473 e. The fraction of sp³-hybridized carbons (Fsp3) is 0.375. The van der Waals surface area contributed by atoms with Gasteiger partial charge in [-0.3, -0.25) is 9.55 Å². The van der Waals surface area contributed by atoms with Gasteiger partial charge in [0.2, 0.25) is 5.88 Å². The second-order valence-corrected chi connectivity index (χ2v) is 8.81. The van der Waals surface area contributed by atoms with E-state index in [9.17, 15) is 26.7 Å². The number of rotatable bonds is 6. The topological polar surface area (TPSA) is 69.5 Å². The Bertz CT molecular complexity index is 1350. The Kier molecular flexibility index (Phi) is 5.84. The molecule has 1 saturated heterocycles. The van der Waals surface area contributed by atoms with E-state index in [1.807, 2.05) is 0 Å². The van der Waals surface area contributed by atoms with Crippen molar-refractivity contribution in [2.24, 2.45) is 0 Å². The molecular formula is C24H21F5N4O3. The molecule has 1 aromatic carbocycles. The van der Waals surface area contributed by atoms with Crippen LogP contribution >= 0.6 is 0 Å². The number of fused-ring (bicyclic) bond motifs is 3. The van der Waals surface area contributed by atoms with Gasteiger partial charge in [-0.1, -0.05) is 6.92 Å². The molecule has 0 N–H and O–H groups in total. The van der Waals surface area contributed by atoms with Crippen LogP contribution in [0.1, 0.15) is 37.4 Å². The molecule has 1 unspecified atom stereocenters. The average molecular weight is 508 g/mol. The molecule has 1 fully saturated rings. The predicted molar refractivity (Wildman–Crippen MR) is 118 cm³/mol. The summed E-state index contributed by atoms with van der Waals surface area (Å²) in [5, 5.41) is 0. The molecule has 2 aliphatic rings. The third kappa shape index (κ3) is 4.24. The Hall–Kier alpha value is -3.70. The van der Waals surface area contributed by atoms with Gasteiger partial charge in [0.05, 0.1) is 12.1 Å². The Labute approximate surface area is 202 Å². The predicted octanol–water partition coefficient (Wildman–Crippen LogP) is 5.07. The van der Waals surface area contributed by atoms with Gasteiger partial charge < -0.3 is 14.4 Å². The second kappa shape index (κ2) is 8.75. The highest BCUT2D eigenvalue weighted by atomic mass is 19.4. The van der Waals surface area contributed by atoms with Crippen molar-refractivity contribution in [1.29, 1.82) is 0 Å². The van der Waals surface area contributed by atoms with E-state index < -0.39 is 40.7 Å². The van der Waals surface area contributed by atoms with Crippen LogP contribution < -0.4 is 20.1 Å². The summed E-state index contributed by atoms with van der Waals surface area (Å²) in [4.78, 5) is 21.9. The molecule has 12 heteroatoms. The second-order valence-electron chi connectivity index (χ2n) is 8.81. The quantitative estimate of drug-likeness (QED) is 0.433. The van der Waals surface area contributed by atoms with Crippen molar-refractivity contribution in [3.8, 4) is 17.4 Å². The number of halogens is 5. The number of aromatic nitrogens is 3. The molecule has 2 aliphatic heterocycles. The molecule has 0 radical (unpaired) electrons. The number of pyridine rings is 1. The van der Waals surface area contributed by atoms with Crippen LogP contribution in [0.4, 0.5) is 27.8 Å². The van der Waals surface area contributed by atoms with E-state index in [2.05, 4.69) is 21.8 Å². The zero-order valence-electron chi connectivity index (χ0n) is 19.1. The summed E-state index contributed by atoms with van der Waals surface area (Å²) < 4.78 is 79.9. The van der Waals surface area contributed by atoms with E-state index in [1.54, 1.807) is 10.6 Å². The lowest BCUT2D eigenvalue weighted by Gasteiger charge is -2.31. The van der Waals surface area contributed by atoms with Crippen LogP contribution in [0.3, 0.4) is 0 Å². The number of ether oxygens (including phenoxy) is 2. The van der Waals surface area contributed by atoms with Crippen LogP contribution in [0.2, 0.25) is 0 Å². The summed E-state index contributed by atoms with van der Waals surface area (Å²) in [5.74, 6) is -2.82. The molecule has 1 atom stereocenters. The minimum absolute atomic E-state index is 0.0302. The van der Waals surface area contributed by atoms with Crippen LogP contribution in [-0.2, 0) is 19.3 Å². The summed E-state index contributed by atoms with van der Waals surface area (Å²) in [6, 6.07) is 5.12. The summed E-state index contributed by atoms with van der Waals surface area (Å²) in [5.41, 5.74) is -1.74. The number of anilines is 1. The molecule has 0 spiro atoms. The Morgan fingerprint density at radius 1 is 1.14 bits per heavy atom. The molecule has 4 heterocycles. The van der Waals surface area contributed by atoms with Crippen molar-refractivity contribution in [3.63, 3.8) is 0 Å². The molecule has 0 amide bonds. The standard InChI is InChI=1S/C24H21F5N4O3/c1-2-23-5-3-7-33(23)20-11-19(31-22(34)32(20)13-23)35-12-14-8-16(25)21(17(26)9-14)36-15-4-6-30-18(10-15)24(27,28)29/h4,6,8-11H,2-3,5,7,12-13H2,1H3. The van der Waals surface area contributed by atoms with E-state index in [4.69, 9.17) is 9.47 Å². The van der Waals surface area contributed by atoms with E-state index in [0.29, 0.717) is 18.4 Å². The van der Waals surface area contributed by atoms with Crippen molar-refractivity contribution in [2.45, 2.75) is 51.1 Å². The van der Waals surface area contributed by atoms with Crippen molar-refractivity contribution < 1.29 is 31.4 Å². The summed E-state index contributed by atoms with van der Waals surface area (Å²) in [7, 11) is 0. The normalized spacial score (nSPS) is 18.8. The molecule has 3 aromatic rings. The smallest absolute Gasteiger partial charge is 0.433 e. The minimum Gasteiger partial charge on any atom is -0.473 e. The Morgan fingerprint density at radius 3 is 2.58 bits per heavy atom. The maximum atomic E-state index is 14.6. The summed E-state index contributed by atoms with van der Waals surface area (Å²) in [6.45, 7) is 3.16. The Balaban J connectivity index is 1.33. The minimum atomic E-state index is -4.74. The molecule has 190 valence electrons. The zero-order valence-corrected chi connectivity index (χ0v) is 19.1. The van der Waals surface area contributed by atoms with Crippen molar-refractivity contribution in [3.05, 3.63) is 69.9 Å². The van der Waals surface area contributed by atoms with E-state index in [-0.39, 0.29) is 23.6 Å². The summed E-state index contributed by atoms with van der Waals surface area (Å²) in [6.07, 6.45) is -1.03. The monoisotopic (exact) mass is 508 g/mol. The zero-order chi connectivity index (χ0) is 25.7. The van der Waals surface area contributed by atoms with E-state index >= 15 is 0 Å². The fourth-order valence-corrected chi connectivity index (χ4v) is 4.85. The van der Waals surface area contributed by atoms with Crippen LogP contribution in [0.5, 0.6) is 17.4 Å². The van der Waals surface area contributed by atoms with Gasteiger partial charge in [0, 0.05) is 24.9 Å². The lowest BCUT2D eigenvalue weighted by Crippen LogP contribution is -2.41. The van der Waals surface area contributed by atoms with Gasteiger partial charge in [0.15, 0.2) is 17.4 Å². The Morgan fingerprint density at radius 2 is 1.89 bits per heavy atom. The van der Waals surface area contributed by atoms with E-state index in [1.165, 1.54) is 0 Å².